The minimum absolute atomic E-state index is 0.117. The molecule has 104 valence electrons. The fourth-order valence-electron chi connectivity index (χ4n) is 1.72. The molecule has 2 aromatic carbocycles. The van der Waals surface area contributed by atoms with E-state index in [0.29, 0.717) is 30.2 Å². The second-order valence-corrected chi connectivity index (χ2v) is 4.67. The van der Waals surface area contributed by atoms with Crippen LogP contribution in [-0.4, -0.2) is 23.6 Å². The smallest absolute Gasteiger partial charge is 0.166 e. The molecule has 0 saturated heterocycles. The lowest BCUT2D eigenvalue weighted by atomic mass is 10.2. The highest BCUT2D eigenvalue weighted by molar-refractivity contribution is 7.80. The van der Waals surface area contributed by atoms with Gasteiger partial charge in [0, 0.05) is 24.1 Å². The molecule has 0 aromatic heterocycles. The van der Waals surface area contributed by atoms with Crippen molar-refractivity contribution in [2.75, 3.05) is 12.3 Å². The lowest BCUT2D eigenvalue weighted by Gasteiger charge is -2.09. The van der Waals surface area contributed by atoms with Crippen molar-refractivity contribution in [3.8, 4) is 11.5 Å². The van der Waals surface area contributed by atoms with Crippen LogP contribution in [0.2, 0.25) is 0 Å². The van der Waals surface area contributed by atoms with Gasteiger partial charge in [-0.15, -0.1) is 0 Å². The number of ether oxygens (including phenoxy) is 1. The van der Waals surface area contributed by atoms with E-state index in [1.54, 1.807) is 18.3 Å². The van der Waals surface area contributed by atoms with E-state index in [2.05, 4.69) is 17.6 Å². The number of benzene rings is 2. The van der Waals surface area contributed by atoms with Crippen LogP contribution in [0.4, 0.5) is 0 Å². The summed E-state index contributed by atoms with van der Waals surface area (Å²) in [5, 5.41) is 10.1. The Hall–Kier alpha value is -1.94. The summed E-state index contributed by atoms with van der Waals surface area (Å²) in [7, 11) is 0. The van der Waals surface area contributed by atoms with Crippen molar-refractivity contribution in [1.82, 2.24) is 0 Å². The molecule has 0 radical (unpaired) electrons. The van der Waals surface area contributed by atoms with Crippen molar-refractivity contribution in [3.63, 3.8) is 0 Å². The van der Waals surface area contributed by atoms with Gasteiger partial charge >= 0.3 is 0 Å². The third-order valence-electron chi connectivity index (χ3n) is 2.73. The second-order valence-electron chi connectivity index (χ2n) is 4.23. The highest BCUT2D eigenvalue weighted by Gasteiger charge is 2.06. The molecule has 3 nitrogen and oxygen atoms in total. The highest BCUT2D eigenvalue weighted by Crippen LogP contribution is 2.29. The fraction of sp³-hybridized carbons (Fsp3) is 0.188. The molecule has 0 unspecified atom stereocenters. The maximum atomic E-state index is 10.1. The van der Waals surface area contributed by atoms with E-state index in [0.717, 1.165) is 5.56 Å². The highest BCUT2D eigenvalue weighted by atomic mass is 32.1. The van der Waals surface area contributed by atoms with E-state index in [1.807, 2.05) is 36.4 Å². The van der Waals surface area contributed by atoms with E-state index >= 15 is 0 Å². The average Bonchev–Trinajstić information content (AvgIpc) is 2.49. The molecule has 2 rings (SSSR count). The minimum atomic E-state index is 0.117. The molecule has 0 fully saturated rings. The Kier molecular flexibility index (Phi) is 5.50. The van der Waals surface area contributed by atoms with Gasteiger partial charge in [-0.25, -0.2) is 0 Å². The summed E-state index contributed by atoms with van der Waals surface area (Å²) in [5.41, 5.74) is 1.71. The Balaban J connectivity index is 2.06. The predicted molar refractivity (Wildman–Crippen MR) is 85.2 cm³/mol. The maximum Gasteiger partial charge on any atom is 0.166 e. The van der Waals surface area contributed by atoms with Gasteiger partial charge in [0.1, 0.15) is 6.61 Å². The van der Waals surface area contributed by atoms with Crippen LogP contribution in [-0.2, 0) is 6.61 Å². The van der Waals surface area contributed by atoms with Crippen LogP contribution in [0.15, 0.2) is 53.5 Å². The minimum Gasteiger partial charge on any atom is -0.504 e. The van der Waals surface area contributed by atoms with Crippen molar-refractivity contribution in [3.05, 3.63) is 59.7 Å². The van der Waals surface area contributed by atoms with Gasteiger partial charge in [-0.2, -0.15) is 12.6 Å². The Morgan fingerprint density at radius 1 is 1.10 bits per heavy atom. The largest absolute Gasteiger partial charge is 0.504 e. The molecule has 4 heteroatoms. The predicted octanol–water partition coefficient (Wildman–Crippen LogP) is 3.32. The van der Waals surface area contributed by atoms with Crippen molar-refractivity contribution in [1.29, 1.82) is 0 Å². The molecule has 0 aliphatic rings. The maximum absolute atomic E-state index is 10.1. The zero-order valence-corrected chi connectivity index (χ0v) is 12.0. The topological polar surface area (TPSA) is 41.8 Å². The van der Waals surface area contributed by atoms with Gasteiger partial charge in [0.15, 0.2) is 11.5 Å². The number of thiol groups is 1. The third-order valence-corrected chi connectivity index (χ3v) is 2.93. The van der Waals surface area contributed by atoms with E-state index in [9.17, 15) is 5.11 Å². The average molecular weight is 287 g/mol. The fourth-order valence-corrected chi connectivity index (χ4v) is 1.83. The number of phenols is 1. The molecular formula is C16H17NO2S. The quantitative estimate of drug-likeness (QED) is 0.632. The van der Waals surface area contributed by atoms with Gasteiger partial charge in [0.25, 0.3) is 0 Å². The third kappa shape index (κ3) is 4.03. The van der Waals surface area contributed by atoms with Gasteiger partial charge < -0.3 is 9.84 Å². The van der Waals surface area contributed by atoms with E-state index in [4.69, 9.17) is 4.74 Å². The summed E-state index contributed by atoms with van der Waals surface area (Å²) >= 11 is 4.09. The Labute approximate surface area is 124 Å². The normalized spacial score (nSPS) is 10.8. The van der Waals surface area contributed by atoms with Gasteiger partial charge in [-0.05, 0) is 17.7 Å². The number of hydrogen-bond acceptors (Lipinski definition) is 4. The zero-order valence-electron chi connectivity index (χ0n) is 11.1. The first-order chi connectivity index (χ1) is 9.81. The van der Waals surface area contributed by atoms with Crippen molar-refractivity contribution in [2.45, 2.75) is 6.61 Å². The first-order valence-electron chi connectivity index (χ1n) is 6.40. The summed E-state index contributed by atoms with van der Waals surface area (Å²) in [4.78, 5) is 4.16. The van der Waals surface area contributed by atoms with E-state index < -0.39 is 0 Å². The number of phenolic OH excluding ortho intramolecular Hbond substituents is 1. The molecule has 0 spiro atoms. The molecule has 0 aliphatic carbocycles. The first kappa shape index (κ1) is 14.5. The Morgan fingerprint density at radius 3 is 2.65 bits per heavy atom. The summed E-state index contributed by atoms with van der Waals surface area (Å²) < 4.78 is 5.64. The van der Waals surface area contributed by atoms with Crippen LogP contribution in [0.25, 0.3) is 0 Å². The SMILES string of the molecule is Oc1c(C=NCCS)cccc1OCc1ccccc1. The Bertz CT molecular complexity index is 570. The molecular weight excluding hydrogens is 270 g/mol. The first-order valence-corrected chi connectivity index (χ1v) is 7.04. The molecule has 0 bridgehead atoms. The van der Waals surface area contributed by atoms with Crippen LogP contribution in [0.5, 0.6) is 11.5 Å². The number of hydrogen-bond donors (Lipinski definition) is 2. The molecule has 0 amide bonds. The lowest BCUT2D eigenvalue weighted by Crippen LogP contribution is -1.96. The molecule has 0 atom stereocenters. The molecule has 20 heavy (non-hydrogen) atoms. The summed E-state index contributed by atoms with van der Waals surface area (Å²) in [6.45, 7) is 1.04. The summed E-state index contributed by atoms with van der Waals surface area (Å²) in [5.74, 6) is 1.26. The van der Waals surface area contributed by atoms with Crippen LogP contribution in [0.3, 0.4) is 0 Å². The monoisotopic (exact) mass is 287 g/mol. The van der Waals surface area contributed by atoms with Crippen LogP contribution >= 0.6 is 12.6 Å². The van der Waals surface area contributed by atoms with Gasteiger partial charge in [0.2, 0.25) is 0 Å². The summed E-state index contributed by atoms with van der Waals surface area (Å²) in [6, 6.07) is 15.2. The van der Waals surface area contributed by atoms with Crippen LogP contribution in [0.1, 0.15) is 11.1 Å². The number of nitrogens with zero attached hydrogens (tertiary/aromatic N) is 1. The number of rotatable bonds is 6. The molecule has 1 N–H and O–H groups in total. The number of aliphatic imine (C=N–C) groups is 1. The molecule has 2 aromatic rings. The van der Waals surface area contributed by atoms with Crippen molar-refractivity contribution in [2.24, 2.45) is 4.99 Å². The standard InChI is InChI=1S/C16H17NO2S/c18-16-14(11-17-9-10-20)7-4-8-15(16)19-12-13-5-2-1-3-6-13/h1-8,11,18,20H,9-10,12H2. The molecule has 0 saturated carbocycles. The Morgan fingerprint density at radius 2 is 1.90 bits per heavy atom. The van der Waals surface area contributed by atoms with Gasteiger partial charge in [0.05, 0.1) is 0 Å². The van der Waals surface area contributed by atoms with Gasteiger partial charge in [-0.1, -0.05) is 36.4 Å². The van der Waals surface area contributed by atoms with E-state index in [1.165, 1.54) is 0 Å². The number of aromatic hydroxyl groups is 1. The van der Waals surface area contributed by atoms with Crippen LogP contribution < -0.4 is 4.74 Å². The van der Waals surface area contributed by atoms with Crippen molar-refractivity contribution >= 4 is 18.8 Å². The van der Waals surface area contributed by atoms with Crippen LogP contribution in [0, 0.1) is 0 Å². The van der Waals surface area contributed by atoms with Crippen molar-refractivity contribution < 1.29 is 9.84 Å². The number of para-hydroxylation sites is 1. The van der Waals surface area contributed by atoms with E-state index in [-0.39, 0.29) is 5.75 Å². The zero-order chi connectivity index (χ0) is 14.2. The lowest BCUT2D eigenvalue weighted by molar-refractivity contribution is 0.289. The van der Waals surface area contributed by atoms with Gasteiger partial charge in [-0.3, -0.25) is 4.99 Å². The molecule has 0 heterocycles. The second kappa shape index (κ2) is 7.60. The molecule has 0 aliphatic heterocycles. The summed E-state index contributed by atoms with van der Waals surface area (Å²) in [6.07, 6.45) is 1.64.